The summed E-state index contributed by atoms with van der Waals surface area (Å²) in [5, 5.41) is 8.01. The molecule has 4 amide bonds. The SMILES string of the molecule is NC(=O)C(C[C@@H]1CCCNC1=O)NC(=O)C(CC1CC1)NC(=O)OCc1ccccc1. The van der Waals surface area contributed by atoms with E-state index in [1.807, 2.05) is 30.3 Å². The molecule has 168 valence electrons. The molecule has 9 heteroatoms. The van der Waals surface area contributed by atoms with Gasteiger partial charge in [-0.05, 0) is 37.2 Å². The normalized spacial score (nSPS) is 20.1. The lowest BCUT2D eigenvalue weighted by molar-refractivity contribution is -0.131. The summed E-state index contributed by atoms with van der Waals surface area (Å²) in [7, 11) is 0. The van der Waals surface area contributed by atoms with Crippen molar-refractivity contribution in [2.45, 2.75) is 57.2 Å². The van der Waals surface area contributed by atoms with Gasteiger partial charge in [0.05, 0.1) is 0 Å². The Hall–Kier alpha value is -3.10. The number of nitrogens with one attached hydrogen (secondary N) is 3. The summed E-state index contributed by atoms with van der Waals surface area (Å²) in [5.74, 6) is -1.37. The number of alkyl carbamates (subject to hydrolysis) is 1. The maximum atomic E-state index is 12.9. The number of amides is 4. The second kappa shape index (κ2) is 10.8. The van der Waals surface area contributed by atoms with Crippen LogP contribution in [-0.4, -0.2) is 42.4 Å². The lowest BCUT2D eigenvalue weighted by Crippen LogP contribution is -2.54. The van der Waals surface area contributed by atoms with Gasteiger partial charge in [0.1, 0.15) is 18.7 Å². The number of carbonyl (C=O) groups is 4. The van der Waals surface area contributed by atoms with E-state index in [-0.39, 0.29) is 24.9 Å². The van der Waals surface area contributed by atoms with Crippen molar-refractivity contribution < 1.29 is 23.9 Å². The molecule has 1 aromatic rings. The Labute approximate surface area is 181 Å². The molecule has 3 rings (SSSR count). The molecular weight excluding hydrogens is 400 g/mol. The van der Waals surface area contributed by atoms with Crippen molar-refractivity contribution in [3.63, 3.8) is 0 Å². The Morgan fingerprint density at radius 1 is 1.06 bits per heavy atom. The summed E-state index contributed by atoms with van der Waals surface area (Å²) >= 11 is 0. The van der Waals surface area contributed by atoms with E-state index in [0.29, 0.717) is 25.3 Å². The lowest BCUT2D eigenvalue weighted by Gasteiger charge is -2.26. The number of ether oxygens (including phenoxy) is 1. The van der Waals surface area contributed by atoms with Crippen LogP contribution in [0.3, 0.4) is 0 Å². The molecule has 1 aliphatic carbocycles. The first-order valence-corrected chi connectivity index (χ1v) is 10.8. The summed E-state index contributed by atoms with van der Waals surface area (Å²) < 4.78 is 5.22. The number of hydrogen-bond donors (Lipinski definition) is 4. The van der Waals surface area contributed by atoms with Crippen LogP contribution >= 0.6 is 0 Å². The molecule has 0 aromatic heterocycles. The standard InChI is InChI=1S/C22H30N4O5/c23-19(27)17(12-16-7-4-10-24-20(16)28)25-21(29)18(11-14-8-9-14)26-22(30)31-13-15-5-2-1-3-6-15/h1-3,5-6,14,16-18H,4,7-13H2,(H2,23,27)(H,24,28)(H,25,29)(H,26,30)/t16-,17?,18?/m0/s1. The third kappa shape index (κ3) is 7.27. The molecule has 1 heterocycles. The molecule has 1 aromatic carbocycles. The van der Waals surface area contributed by atoms with E-state index >= 15 is 0 Å². The molecule has 2 fully saturated rings. The number of hydrogen-bond acceptors (Lipinski definition) is 5. The number of piperidine rings is 1. The van der Waals surface area contributed by atoms with Gasteiger partial charge in [0.25, 0.3) is 0 Å². The second-order valence-corrected chi connectivity index (χ2v) is 8.27. The Morgan fingerprint density at radius 2 is 1.81 bits per heavy atom. The van der Waals surface area contributed by atoms with Gasteiger partial charge in [-0.3, -0.25) is 14.4 Å². The monoisotopic (exact) mass is 430 g/mol. The minimum absolute atomic E-state index is 0.0884. The largest absolute Gasteiger partial charge is 0.445 e. The van der Waals surface area contributed by atoms with Crippen LogP contribution in [0.25, 0.3) is 0 Å². The Balaban J connectivity index is 1.56. The van der Waals surface area contributed by atoms with Gasteiger partial charge in [0.2, 0.25) is 17.7 Å². The molecule has 1 aliphatic heterocycles. The van der Waals surface area contributed by atoms with E-state index < -0.39 is 30.0 Å². The summed E-state index contributed by atoms with van der Waals surface area (Å²) in [4.78, 5) is 49.0. The Morgan fingerprint density at radius 3 is 2.45 bits per heavy atom. The third-order valence-corrected chi connectivity index (χ3v) is 5.67. The van der Waals surface area contributed by atoms with Crippen molar-refractivity contribution in [2.75, 3.05) is 6.54 Å². The molecule has 1 saturated carbocycles. The maximum Gasteiger partial charge on any atom is 0.408 e. The van der Waals surface area contributed by atoms with E-state index in [4.69, 9.17) is 10.5 Å². The number of carbonyl (C=O) groups excluding carboxylic acids is 4. The van der Waals surface area contributed by atoms with Gasteiger partial charge in [-0.1, -0.05) is 43.2 Å². The summed E-state index contributed by atoms with van der Waals surface area (Å²) in [5.41, 5.74) is 6.31. The average Bonchev–Trinajstić information content (AvgIpc) is 3.57. The average molecular weight is 431 g/mol. The maximum absolute atomic E-state index is 12.9. The van der Waals surface area contributed by atoms with Gasteiger partial charge in [0, 0.05) is 12.5 Å². The first-order valence-electron chi connectivity index (χ1n) is 10.8. The van der Waals surface area contributed by atoms with Crippen molar-refractivity contribution in [1.29, 1.82) is 0 Å². The topological polar surface area (TPSA) is 140 Å². The van der Waals surface area contributed by atoms with Crippen LogP contribution in [0.15, 0.2) is 30.3 Å². The lowest BCUT2D eigenvalue weighted by atomic mass is 9.91. The molecule has 3 atom stereocenters. The second-order valence-electron chi connectivity index (χ2n) is 8.27. The fourth-order valence-electron chi connectivity index (χ4n) is 3.69. The van der Waals surface area contributed by atoms with Crippen LogP contribution in [0.4, 0.5) is 4.79 Å². The number of benzene rings is 1. The first-order chi connectivity index (χ1) is 14.9. The highest BCUT2D eigenvalue weighted by molar-refractivity contribution is 5.91. The van der Waals surface area contributed by atoms with E-state index in [9.17, 15) is 19.2 Å². The Kier molecular flexibility index (Phi) is 7.86. The van der Waals surface area contributed by atoms with Gasteiger partial charge in [0.15, 0.2) is 0 Å². The van der Waals surface area contributed by atoms with Gasteiger partial charge in [-0.15, -0.1) is 0 Å². The smallest absolute Gasteiger partial charge is 0.408 e. The first kappa shape index (κ1) is 22.6. The van der Waals surface area contributed by atoms with Crippen molar-refractivity contribution in [3.8, 4) is 0 Å². The molecule has 31 heavy (non-hydrogen) atoms. The van der Waals surface area contributed by atoms with Crippen LogP contribution < -0.4 is 21.7 Å². The molecule has 5 N–H and O–H groups in total. The predicted octanol–water partition coefficient (Wildman–Crippen LogP) is 0.968. The third-order valence-electron chi connectivity index (χ3n) is 5.67. The summed E-state index contributed by atoms with van der Waals surface area (Å²) in [6, 6.07) is 7.41. The highest BCUT2D eigenvalue weighted by Gasteiger charge is 2.34. The molecule has 0 radical (unpaired) electrons. The molecule has 1 saturated heterocycles. The van der Waals surface area contributed by atoms with Crippen LogP contribution in [0.5, 0.6) is 0 Å². The van der Waals surface area contributed by atoms with E-state index in [2.05, 4.69) is 16.0 Å². The fourth-order valence-corrected chi connectivity index (χ4v) is 3.69. The molecule has 0 bridgehead atoms. The number of primary amides is 1. The van der Waals surface area contributed by atoms with Gasteiger partial charge in [-0.2, -0.15) is 0 Å². The van der Waals surface area contributed by atoms with Gasteiger partial charge >= 0.3 is 6.09 Å². The molecule has 2 unspecified atom stereocenters. The molecular formula is C22H30N4O5. The van der Waals surface area contributed by atoms with Gasteiger partial charge in [-0.25, -0.2) is 4.79 Å². The molecule has 2 aliphatic rings. The Bertz CT molecular complexity index is 796. The minimum atomic E-state index is -0.981. The molecule has 0 spiro atoms. The van der Waals surface area contributed by atoms with Gasteiger partial charge < -0.3 is 26.4 Å². The number of nitrogens with two attached hydrogens (primary N) is 1. The van der Waals surface area contributed by atoms with Crippen molar-refractivity contribution in [1.82, 2.24) is 16.0 Å². The van der Waals surface area contributed by atoms with Crippen molar-refractivity contribution >= 4 is 23.8 Å². The predicted molar refractivity (Wildman–Crippen MR) is 112 cm³/mol. The van der Waals surface area contributed by atoms with E-state index in [0.717, 1.165) is 24.8 Å². The zero-order valence-electron chi connectivity index (χ0n) is 17.5. The summed E-state index contributed by atoms with van der Waals surface area (Å²) in [6.45, 7) is 0.701. The molecule has 9 nitrogen and oxygen atoms in total. The van der Waals surface area contributed by atoms with Crippen molar-refractivity contribution in [3.05, 3.63) is 35.9 Å². The highest BCUT2D eigenvalue weighted by Crippen LogP contribution is 2.33. The summed E-state index contributed by atoms with van der Waals surface area (Å²) in [6.07, 6.45) is 3.34. The van der Waals surface area contributed by atoms with Crippen LogP contribution in [-0.2, 0) is 25.7 Å². The van der Waals surface area contributed by atoms with Crippen LogP contribution in [0.1, 0.15) is 44.1 Å². The van der Waals surface area contributed by atoms with E-state index in [1.165, 1.54) is 0 Å². The van der Waals surface area contributed by atoms with E-state index in [1.54, 1.807) is 0 Å². The highest BCUT2D eigenvalue weighted by atomic mass is 16.5. The fraction of sp³-hybridized carbons (Fsp3) is 0.545. The number of rotatable bonds is 10. The zero-order chi connectivity index (χ0) is 22.2. The van der Waals surface area contributed by atoms with Crippen molar-refractivity contribution in [2.24, 2.45) is 17.6 Å². The quantitative estimate of drug-likeness (QED) is 0.438. The van der Waals surface area contributed by atoms with Crippen LogP contribution in [0.2, 0.25) is 0 Å². The van der Waals surface area contributed by atoms with Crippen LogP contribution in [0, 0.1) is 11.8 Å². The minimum Gasteiger partial charge on any atom is -0.445 e. The zero-order valence-corrected chi connectivity index (χ0v) is 17.5.